The highest BCUT2D eigenvalue weighted by atomic mass is 16.6. The zero-order valence-corrected chi connectivity index (χ0v) is 19.6. The summed E-state index contributed by atoms with van der Waals surface area (Å²) in [6, 6.07) is 14.9. The van der Waals surface area contributed by atoms with Crippen LogP contribution in [0.5, 0.6) is 0 Å². The van der Waals surface area contributed by atoms with Crippen molar-refractivity contribution in [3.05, 3.63) is 70.8 Å². The third-order valence-corrected chi connectivity index (χ3v) is 6.38. The third-order valence-electron chi connectivity index (χ3n) is 6.38. The zero-order chi connectivity index (χ0) is 23.8. The van der Waals surface area contributed by atoms with Gasteiger partial charge in [-0.05, 0) is 62.9 Å². The molecule has 2 heterocycles. The lowest BCUT2D eigenvalue weighted by molar-refractivity contribution is -0.00223. The number of nitrogens with zero attached hydrogens (tertiary/aromatic N) is 2. The van der Waals surface area contributed by atoms with Crippen LogP contribution in [0.25, 0.3) is 0 Å². The first-order valence-electron chi connectivity index (χ1n) is 11.2. The summed E-state index contributed by atoms with van der Waals surface area (Å²) in [6.07, 6.45) is 0.949. The van der Waals surface area contributed by atoms with Gasteiger partial charge in [0.15, 0.2) is 0 Å². The summed E-state index contributed by atoms with van der Waals surface area (Å²) in [5.74, 6) is -0.398. The van der Waals surface area contributed by atoms with Crippen molar-refractivity contribution >= 4 is 18.0 Å². The predicted octanol–water partition coefficient (Wildman–Crippen LogP) is 4.36. The molecule has 1 saturated heterocycles. The summed E-state index contributed by atoms with van der Waals surface area (Å²) >= 11 is 0. The summed E-state index contributed by atoms with van der Waals surface area (Å²) in [5.41, 5.74) is 2.10. The first-order chi connectivity index (χ1) is 15.6. The lowest BCUT2D eigenvalue weighted by atomic mass is 9.80. The van der Waals surface area contributed by atoms with Gasteiger partial charge in [0.05, 0.1) is 18.2 Å². The van der Waals surface area contributed by atoms with Gasteiger partial charge in [-0.15, -0.1) is 0 Å². The molecule has 2 amide bonds. The predicted molar refractivity (Wildman–Crippen MR) is 123 cm³/mol. The second kappa shape index (κ2) is 8.54. The quantitative estimate of drug-likeness (QED) is 0.650. The zero-order valence-electron chi connectivity index (χ0n) is 19.6. The van der Waals surface area contributed by atoms with Crippen LogP contribution < -0.4 is 0 Å². The van der Waals surface area contributed by atoms with Crippen LogP contribution in [0, 0.1) is 0 Å². The fourth-order valence-electron chi connectivity index (χ4n) is 4.76. The minimum Gasteiger partial charge on any atom is -0.465 e. The van der Waals surface area contributed by atoms with Crippen LogP contribution in [-0.4, -0.2) is 53.6 Å². The molecule has 0 aliphatic carbocycles. The maximum absolute atomic E-state index is 13.4. The minimum atomic E-state index is -0.551. The average Bonchev–Trinajstić information content (AvgIpc) is 3.01. The molecule has 0 N–H and O–H groups in total. The van der Waals surface area contributed by atoms with Gasteiger partial charge in [-0.25, -0.2) is 9.59 Å². The number of hydrogen-bond donors (Lipinski definition) is 0. The molecule has 174 valence electrons. The molecule has 0 unspecified atom stereocenters. The molecule has 2 aliphatic rings. The molecule has 7 heteroatoms. The maximum Gasteiger partial charge on any atom is 0.410 e. The molecule has 0 saturated carbocycles. The molecule has 7 nitrogen and oxygen atoms in total. The molecular weight excluding hydrogens is 420 g/mol. The topological polar surface area (TPSA) is 76.2 Å². The highest BCUT2D eigenvalue weighted by Crippen LogP contribution is 2.47. The molecule has 2 aromatic carbocycles. The Bertz CT molecular complexity index is 1060. The third kappa shape index (κ3) is 4.32. The Morgan fingerprint density at radius 2 is 1.64 bits per heavy atom. The van der Waals surface area contributed by atoms with Gasteiger partial charge in [-0.2, -0.15) is 0 Å². The number of amides is 2. The molecule has 2 aliphatic heterocycles. The number of rotatable bonds is 3. The van der Waals surface area contributed by atoms with Crippen molar-refractivity contribution in [3.63, 3.8) is 0 Å². The van der Waals surface area contributed by atoms with E-state index in [0.29, 0.717) is 38.0 Å². The Morgan fingerprint density at radius 1 is 1.00 bits per heavy atom. The number of carbonyl (C=O) groups excluding carboxylic acids is 3. The highest BCUT2D eigenvalue weighted by Gasteiger charge is 2.51. The number of fused-ring (bicyclic) bond motifs is 2. The van der Waals surface area contributed by atoms with Crippen molar-refractivity contribution in [3.8, 4) is 0 Å². The molecule has 0 aromatic heterocycles. The second-order valence-electron chi connectivity index (χ2n) is 9.62. The van der Waals surface area contributed by atoms with Crippen molar-refractivity contribution in [1.82, 2.24) is 9.80 Å². The van der Waals surface area contributed by atoms with Crippen LogP contribution in [0.2, 0.25) is 0 Å². The number of esters is 1. The first-order valence-corrected chi connectivity index (χ1v) is 11.2. The number of ether oxygens (including phenoxy) is 2. The van der Waals surface area contributed by atoms with Gasteiger partial charge >= 0.3 is 12.1 Å². The number of methoxy groups -OCH3 is 1. The standard InChI is InChI=1S/C26H30N2O5/c1-25(2,3)33-24(31)27-15-13-26(14-16-27)21-8-6-5-7-20(21)22(29)28(26)17-18-9-11-19(12-10-18)23(30)32-4/h5-12H,13-17H2,1-4H3. The van der Waals surface area contributed by atoms with Crippen molar-refractivity contribution in [2.45, 2.75) is 51.3 Å². The number of benzene rings is 2. The van der Waals surface area contributed by atoms with Crippen LogP contribution in [0.3, 0.4) is 0 Å². The van der Waals surface area contributed by atoms with E-state index < -0.39 is 17.1 Å². The van der Waals surface area contributed by atoms with Crippen LogP contribution in [-0.2, 0) is 21.6 Å². The number of hydrogen-bond acceptors (Lipinski definition) is 5. The Balaban J connectivity index is 1.59. The number of likely N-dealkylation sites (tertiary alicyclic amines) is 1. The van der Waals surface area contributed by atoms with Gasteiger partial charge in [0.25, 0.3) is 5.91 Å². The van der Waals surface area contributed by atoms with Crippen molar-refractivity contribution in [2.24, 2.45) is 0 Å². The molecular formula is C26H30N2O5. The normalized spacial score (nSPS) is 17.2. The van der Waals surface area contributed by atoms with Crippen LogP contribution >= 0.6 is 0 Å². The summed E-state index contributed by atoms with van der Waals surface area (Å²) < 4.78 is 10.3. The minimum absolute atomic E-state index is 0.00615. The fourth-order valence-corrected chi connectivity index (χ4v) is 4.76. The van der Waals surface area contributed by atoms with E-state index in [1.807, 2.05) is 62.1 Å². The van der Waals surface area contributed by atoms with Crippen LogP contribution in [0.15, 0.2) is 48.5 Å². The van der Waals surface area contributed by atoms with Gasteiger partial charge in [0, 0.05) is 25.2 Å². The van der Waals surface area contributed by atoms with E-state index >= 15 is 0 Å². The molecule has 1 fully saturated rings. The molecule has 2 aromatic rings. The largest absolute Gasteiger partial charge is 0.465 e. The molecule has 0 bridgehead atoms. The SMILES string of the molecule is COC(=O)c1ccc(CN2C(=O)c3ccccc3C23CCN(C(=O)OC(C)(C)C)CC3)cc1. The van der Waals surface area contributed by atoms with Gasteiger partial charge in [0.1, 0.15) is 5.60 Å². The van der Waals surface area contributed by atoms with E-state index in [0.717, 1.165) is 16.7 Å². The van der Waals surface area contributed by atoms with E-state index in [-0.39, 0.29) is 12.0 Å². The lowest BCUT2D eigenvalue weighted by Crippen LogP contribution is -2.52. The van der Waals surface area contributed by atoms with E-state index in [1.54, 1.807) is 17.0 Å². The molecule has 1 spiro atoms. The number of carbonyl (C=O) groups is 3. The molecule has 0 atom stereocenters. The van der Waals surface area contributed by atoms with Gasteiger partial charge in [0.2, 0.25) is 0 Å². The van der Waals surface area contributed by atoms with E-state index in [9.17, 15) is 14.4 Å². The number of piperidine rings is 1. The van der Waals surface area contributed by atoms with Gasteiger partial charge < -0.3 is 19.3 Å². The second-order valence-corrected chi connectivity index (χ2v) is 9.62. The van der Waals surface area contributed by atoms with Crippen LogP contribution in [0.1, 0.15) is 65.5 Å². The Hall–Kier alpha value is -3.35. The Morgan fingerprint density at radius 3 is 2.24 bits per heavy atom. The summed E-state index contributed by atoms with van der Waals surface area (Å²) in [5, 5.41) is 0. The summed E-state index contributed by atoms with van der Waals surface area (Å²) in [4.78, 5) is 41.5. The Kier molecular flexibility index (Phi) is 5.91. The van der Waals surface area contributed by atoms with Gasteiger partial charge in [-0.1, -0.05) is 30.3 Å². The molecule has 0 radical (unpaired) electrons. The smallest absolute Gasteiger partial charge is 0.410 e. The van der Waals surface area contributed by atoms with Gasteiger partial charge in [-0.3, -0.25) is 4.79 Å². The summed E-state index contributed by atoms with van der Waals surface area (Å²) in [7, 11) is 1.35. The van der Waals surface area contributed by atoms with Crippen molar-refractivity contribution < 1.29 is 23.9 Å². The van der Waals surface area contributed by atoms with E-state index in [1.165, 1.54) is 7.11 Å². The highest BCUT2D eigenvalue weighted by molar-refractivity contribution is 6.00. The monoisotopic (exact) mass is 450 g/mol. The van der Waals surface area contributed by atoms with Crippen molar-refractivity contribution in [2.75, 3.05) is 20.2 Å². The first kappa shape index (κ1) is 22.8. The molecule has 33 heavy (non-hydrogen) atoms. The average molecular weight is 451 g/mol. The van der Waals surface area contributed by atoms with Crippen molar-refractivity contribution in [1.29, 1.82) is 0 Å². The molecule has 4 rings (SSSR count). The lowest BCUT2D eigenvalue weighted by Gasteiger charge is -2.45. The fraction of sp³-hybridized carbons (Fsp3) is 0.423. The summed E-state index contributed by atoms with van der Waals surface area (Å²) in [6.45, 7) is 7.00. The van der Waals surface area contributed by atoms with Crippen LogP contribution in [0.4, 0.5) is 4.79 Å². The van der Waals surface area contributed by atoms with E-state index in [2.05, 4.69) is 0 Å². The Labute approximate surface area is 194 Å². The maximum atomic E-state index is 13.4. The van der Waals surface area contributed by atoms with E-state index in [4.69, 9.17) is 9.47 Å².